The molecular formula is C13H20N2S. The monoisotopic (exact) mass is 236 g/mol. The Kier molecular flexibility index (Phi) is 4.52. The first kappa shape index (κ1) is 11.8. The standard InChI is InChI=1S/C13H20N2S/c1-14-13-7-6-12(8-15-13)10-16-9-11-4-2-3-5-11/h6-8,11H,2-5,9-10H2,1H3,(H,14,15). The molecule has 1 fully saturated rings. The predicted octanol–water partition coefficient (Wildman–Crippen LogP) is 3.55. The van der Waals surface area contributed by atoms with Gasteiger partial charge >= 0.3 is 0 Å². The van der Waals surface area contributed by atoms with Gasteiger partial charge < -0.3 is 5.32 Å². The van der Waals surface area contributed by atoms with Gasteiger partial charge in [-0.3, -0.25) is 0 Å². The Morgan fingerprint density at radius 1 is 1.38 bits per heavy atom. The van der Waals surface area contributed by atoms with Crippen LogP contribution in [0, 0.1) is 5.92 Å². The lowest BCUT2D eigenvalue weighted by atomic mass is 10.1. The highest BCUT2D eigenvalue weighted by molar-refractivity contribution is 7.98. The second kappa shape index (κ2) is 6.14. The van der Waals surface area contributed by atoms with Gasteiger partial charge in [0.05, 0.1) is 0 Å². The van der Waals surface area contributed by atoms with Crippen LogP contribution in [0.2, 0.25) is 0 Å². The Hall–Kier alpha value is -0.700. The zero-order valence-corrected chi connectivity index (χ0v) is 10.7. The van der Waals surface area contributed by atoms with Crippen molar-refractivity contribution in [3.05, 3.63) is 23.9 Å². The normalized spacial score (nSPS) is 16.6. The zero-order chi connectivity index (χ0) is 11.2. The van der Waals surface area contributed by atoms with Crippen LogP contribution in [0.5, 0.6) is 0 Å². The summed E-state index contributed by atoms with van der Waals surface area (Å²) in [5, 5.41) is 3.04. The van der Waals surface area contributed by atoms with Gasteiger partial charge in [-0.1, -0.05) is 18.9 Å². The van der Waals surface area contributed by atoms with Crippen molar-refractivity contribution < 1.29 is 0 Å². The van der Waals surface area contributed by atoms with E-state index in [0.29, 0.717) is 0 Å². The minimum atomic E-state index is 0.949. The Morgan fingerprint density at radius 2 is 2.19 bits per heavy atom. The van der Waals surface area contributed by atoms with Gasteiger partial charge in [0, 0.05) is 19.0 Å². The second-order valence-corrected chi connectivity index (χ2v) is 5.50. The summed E-state index contributed by atoms with van der Waals surface area (Å²) < 4.78 is 0. The van der Waals surface area contributed by atoms with Crippen LogP contribution in [0.1, 0.15) is 31.2 Å². The van der Waals surface area contributed by atoms with Crippen molar-refractivity contribution in [2.24, 2.45) is 5.92 Å². The van der Waals surface area contributed by atoms with Crippen molar-refractivity contribution in [3.8, 4) is 0 Å². The summed E-state index contributed by atoms with van der Waals surface area (Å²) >= 11 is 2.06. The average molecular weight is 236 g/mol. The lowest BCUT2D eigenvalue weighted by Crippen LogP contribution is -1.97. The number of hydrogen-bond donors (Lipinski definition) is 1. The molecule has 0 aromatic carbocycles. The highest BCUT2D eigenvalue weighted by atomic mass is 32.2. The molecule has 1 saturated carbocycles. The third-order valence-corrected chi connectivity index (χ3v) is 4.42. The first-order valence-electron chi connectivity index (χ1n) is 6.09. The molecule has 2 rings (SSSR count). The molecular weight excluding hydrogens is 216 g/mol. The summed E-state index contributed by atoms with van der Waals surface area (Å²) in [5.41, 5.74) is 1.34. The molecule has 0 radical (unpaired) electrons. The molecule has 0 spiro atoms. The summed E-state index contributed by atoms with van der Waals surface area (Å²) in [6.07, 6.45) is 7.77. The lowest BCUT2D eigenvalue weighted by molar-refractivity contribution is 0.623. The van der Waals surface area contributed by atoms with Crippen LogP contribution < -0.4 is 5.32 Å². The number of aromatic nitrogens is 1. The summed E-state index contributed by atoms with van der Waals surface area (Å²) in [6.45, 7) is 0. The molecule has 1 N–H and O–H groups in total. The second-order valence-electron chi connectivity index (χ2n) is 4.47. The molecule has 1 aliphatic rings. The van der Waals surface area contributed by atoms with Gasteiger partial charge in [0.2, 0.25) is 0 Å². The maximum Gasteiger partial charge on any atom is 0.125 e. The van der Waals surface area contributed by atoms with Crippen LogP contribution in [0.25, 0.3) is 0 Å². The Labute approximate surface area is 102 Å². The van der Waals surface area contributed by atoms with E-state index in [2.05, 4.69) is 28.1 Å². The van der Waals surface area contributed by atoms with E-state index in [1.165, 1.54) is 37.0 Å². The summed E-state index contributed by atoms with van der Waals surface area (Å²) in [6, 6.07) is 4.21. The van der Waals surface area contributed by atoms with Crippen LogP contribution in [0.15, 0.2) is 18.3 Å². The Balaban J connectivity index is 1.71. The first-order valence-corrected chi connectivity index (χ1v) is 7.24. The number of rotatable bonds is 5. The highest BCUT2D eigenvalue weighted by Gasteiger charge is 2.14. The number of nitrogens with zero attached hydrogens (tertiary/aromatic N) is 1. The van der Waals surface area contributed by atoms with Gasteiger partial charge in [-0.15, -0.1) is 0 Å². The number of anilines is 1. The molecule has 0 amide bonds. The van der Waals surface area contributed by atoms with E-state index in [1.807, 2.05) is 19.3 Å². The van der Waals surface area contributed by atoms with Crippen molar-refractivity contribution >= 4 is 17.6 Å². The van der Waals surface area contributed by atoms with Crippen molar-refractivity contribution in [2.45, 2.75) is 31.4 Å². The number of thioether (sulfide) groups is 1. The van der Waals surface area contributed by atoms with Gasteiger partial charge in [-0.25, -0.2) is 4.98 Å². The third kappa shape index (κ3) is 3.41. The van der Waals surface area contributed by atoms with E-state index in [0.717, 1.165) is 17.5 Å². The maximum absolute atomic E-state index is 4.32. The minimum absolute atomic E-state index is 0.949. The summed E-state index contributed by atoms with van der Waals surface area (Å²) in [5.74, 6) is 4.36. The van der Waals surface area contributed by atoms with Crippen LogP contribution >= 0.6 is 11.8 Å². The van der Waals surface area contributed by atoms with Crippen LogP contribution in [0.4, 0.5) is 5.82 Å². The molecule has 1 aliphatic carbocycles. The summed E-state index contributed by atoms with van der Waals surface area (Å²) in [4.78, 5) is 4.32. The molecule has 0 unspecified atom stereocenters. The van der Waals surface area contributed by atoms with Crippen molar-refractivity contribution in [3.63, 3.8) is 0 Å². The van der Waals surface area contributed by atoms with E-state index in [-0.39, 0.29) is 0 Å². The fraction of sp³-hybridized carbons (Fsp3) is 0.615. The summed E-state index contributed by atoms with van der Waals surface area (Å²) in [7, 11) is 1.90. The fourth-order valence-corrected chi connectivity index (χ4v) is 3.37. The molecule has 1 aromatic rings. The first-order chi connectivity index (χ1) is 7.88. The maximum atomic E-state index is 4.32. The zero-order valence-electron chi connectivity index (χ0n) is 9.91. The van der Waals surface area contributed by atoms with Gasteiger partial charge in [0.15, 0.2) is 0 Å². The van der Waals surface area contributed by atoms with Gasteiger partial charge in [-0.2, -0.15) is 11.8 Å². The molecule has 1 aromatic heterocycles. The molecule has 0 aliphatic heterocycles. The molecule has 0 bridgehead atoms. The van der Waals surface area contributed by atoms with Crippen LogP contribution in [0.3, 0.4) is 0 Å². The highest BCUT2D eigenvalue weighted by Crippen LogP contribution is 2.28. The molecule has 0 saturated heterocycles. The van der Waals surface area contributed by atoms with E-state index in [1.54, 1.807) is 0 Å². The third-order valence-electron chi connectivity index (χ3n) is 3.18. The quantitative estimate of drug-likeness (QED) is 0.846. The van der Waals surface area contributed by atoms with E-state index in [9.17, 15) is 0 Å². The molecule has 1 heterocycles. The molecule has 0 atom stereocenters. The molecule has 88 valence electrons. The largest absolute Gasteiger partial charge is 0.373 e. The van der Waals surface area contributed by atoms with Gasteiger partial charge in [0.25, 0.3) is 0 Å². The number of nitrogens with one attached hydrogen (secondary N) is 1. The van der Waals surface area contributed by atoms with Gasteiger partial charge in [-0.05, 0) is 36.1 Å². The van der Waals surface area contributed by atoms with Crippen molar-refractivity contribution in [1.82, 2.24) is 4.98 Å². The van der Waals surface area contributed by atoms with Crippen molar-refractivity contribution in [1.29, 1.82) is 0 Å². The minimum Gasteiger partial charge on any atom is -0.373 e. The van der Waals surface area contributed by atoms with E-state index < -0.39 is 0 Å². The Bertz CT molecular complexity index is 304. The van der Waals surface area contributed by atoms with Crippen LogP contribution in [-0.2, 0) is 5.75 Å². The average Bonchev–Trinajstić information content (AvgIpc) is 2.83. The molecule has 2 nitrogen and oxygen atoms in total. The molecule has 3 heteroatoms. The van der Waals surface area contributed by atoms with Crippen LogP contribution in [-0.4, -0.2) is 17.8 Å². The smallest absolute Gasteiger partial charge is 0.125 e. The topological polar surface area (TPSA) is 24.9 Å². The van der Waals surface area contributed by atoms with E-state index >= 15 is 0 Å². The SMILES string of the molecule is CNc1ccc(CSCC2CCCC2)cn1. The fourth-order valence-electron chi connectivity index (χ4n) is 2.18. The van der Waals surface area contributed by atoms with Gasteiger partial charge in [0.1, 0.15) is 5.82 Å². The lowest BCUT2D eigenvalue weighted by Gasteiger charge is -2.08. The van der Waals surface area contributed by atoms with E-state index in [4.69, 9.17) is 0 Å². The van der Waals surface area contributed by atoms with Crippen molar-refractivity contribution in [2.75, 3.05) is 18.1 Å². The predicted molar refractivity (Wildman–Crippen MR) is 71.9 cm³/mol. The number of hydrogen-bond acceptors (Lipinski definition) is 3. The number of pyridine rings is 1. The molecule has 16 heavy (non-hydrogen) atoms. The Morgan fingerprint density at radius 3 is 2.81 bits per heavy atom.